The van der Waals surface area contributed by atoms with Gasteiger partial charge in [-0.1, -0.05) is 19.9 Å². The molecule has 3 atom stereocenters. The summed E-state index contributed by atoms with van der Waals surface area (Å²) < 4.78 is 2.19. The van der Waals surface area contributed by atoms with Gasteiger partial charge in [-0.15, -0.1) is 0 Å². The highest BCUT2D eigenvalue weighted by atomic mass is 15.3. The molecule has 3 rings (SSSR count). The quantitative estimate of drug-likeness (QED) is 0.943. The Balaban J connectivity index is 2.07. The molecule has 0 aromatic carbocycles. The minimum Gasteiger partial charge on any atom is -0.352 e. The van der Waals surface area contributed by atoms with Gasteiger partial charge in [0.2, 0.25) is 0 Å². The lowest BCUT2D eigenvalue weighted by atomic mass is 9.86. The Bertz CT molecular complexity index is 618. The van der Waals surface area contributed by atoms with Gasteiger partial charge in [-0.25, -0.2) is 4.98 Å². The molecule has 4 nitrogen and oxygen atoms in total. The molecule has 1 aliphatic heterocycles. The zero-order chi connectivity index (χ0) is 15.0. The number of rotatable bonds is 3. The summed E-state index contributed by atoms with van der Waals surface area (Å²) in [5.41, 5.74) is 8.11. The lowest BCUT2D eigenvalue weighted by Crippen LogP contribution is -2.46. The fourth-order valence-corrected chi connectivity index (χ4v) is 3.63. The maximum Gasteiger partial charge on any atom is 0.151 e. The highest BCUT2D eigenvalue weighted by Crippen LogP contribution is 2.33. The average molecular weight is 286 g/mol. The van der Waals surface area contributed by atoms with E-state index >= 15 is 0 Å². The SMILES string of the molecule is CC1CC(C)C(C)N(c2nc3ccccn3c2CCN)C1. The summed E-state index contributed by atoms with van der Waals surface area (Å²) in [7, 11) is 0. The van der Waals surface area contributed by atoms with Crippen LogP contribution in [0.2, 0.25) is 0 Å². The van der Waals surface area contributed by atoms with Crippen LogP contribution in [-0.4, -0.2) is 28.5 Å². The molecule has 2 aromatic heterocycles. The van der Waals surface area contributed by atoms with Crippen LogP contribution in [0, 0.1) is 11.8 Å². The summed E-state index contributed by atoms with van der Waals surface area (Å²) in [6, 6.07) is 6.71. The molecular weight excluding hydrogens is 260 g/mol. The van der Waals surface area contributed by atoms with Gasteiger partial charge in [0.1, 0.15) is 5.65 Å². The molecule has 2 N–H and O–H groups in total. The number of pyridine rings is 1. The van der Waals surface area contributed by atoms with E-state index in [1.807, 2.05) is 6.07 Å². The predicted molar refractivity (Wildman–Crippen MR) is 87.7 cm³/mol. The summed E-state index contributed by atoms with van der Waals surface area (Å²) in [4.78, 5) is 7.40. The van der Waals surface area contributed by atoms with Gasteiger partial charge in [0.25, 0.3) is 0 Å². The molecule has 0 amide bonds. The monoisotopic (exact) mass is 286 g/mol. The Morgan fingerprint density at radius 3 is 2.86 bits per heavy atom. The predicted octanol–water partition coefficient (Wildman–Crippen LogP) is 2.71. The Kier molecular flexibility index (Phi) is 3.89. The summed E-state index contributed by atoms with van der Waals surface area (Å²) in [5, 5.41) is 0. The van der Waals surface area contributed by atoms with Crippen molar-refractivity contribution in [2.24, 2.45) is 17.6 Å². The van der Waals surface area contributed by atoms with Crippen LogP contribution in [0.1, 0.15) is 32.9 Å². The highest BCUT2D eigenvalue weighted by Gasteiger charge is 2.31. The first-order chi connectivity index (χ1) is 10.1. The third-order valence-corrected chi connectivity index (χ3v) is 4.86. The van der Waals surface area contributed by atoms with Crippen molar-refractivity contribution in [1.82, 2.24) is 9.38 Å². The lowest BCUT2D eigenvalue weighted by Gasteiger charge is -2.41. The number of anilines is 1. The Hall–Kier alpha value is -1.55. The Morgan fingerprint density at radius 2 is 2.10 bits per heavy atom. The van der Waals surface area contributed by atoms with Gasteiger partial charge in [-0.3, -0.25) is 0 Å². The van der Waals surface area contributed by atoms with Crippen molar-refractivity contribution in [3.8, 4) is 0 Å². The molecule has 0 aliphatic carbocycles. The largest absolute Gasteiger partial charge is 0.352 e. The molecule has 0 bridgehead atoms. The molecule has 2 aromatic rings. The van der Waals surface area contributed by atoms with Crippen molar-refractivity contribution in [3.05, 3.63) is 30.1 Å². The molecule has 0 saturated carbocycles. The number of nitrogens with zero attached hydrogens (tertiary/aromatic N) is 3. The van der Waals surface area contributed by atoms with E-state index < -0.39 is 0 Å². The van der Waals surface area contributed by atoms with Crippen LogP contribution >= 0.6 is 0 Å². The minimum atomic E-state index is 0.530. The Labute approximate surface area is 127 Å². The van der Waals surface area contributed by atoms with E-state index in [2.05, 4.69) is 48.4 Å². The number of fused-ring (bicyclic) bond motifs is 1. The molecule has 0 radical (unpaired) electrons. The van der Waals surface area contributed by atoms with Gasteiger partial charge < -0.3 is 15.0 Å². The smallest absolute Gasteiger partial charge is 0.151 e. The van der Waals surface area contributed by atoms with Crippen molar-refractivity contribution >= 4 is 11.5 Å². The van der Waals surface area contributed by atoms with Crippen LogP contribution in [0.15, 0.2) is 24.4 Å². The number of piperidine rings is 1. The van der Waals surface area contributed by atoms with Gasteiger partial charge in [-0.2, -0.15) is 0 Å². The molecule has 1 fully saturated rings. The number of nitrogens with two attached hydrogens (primary N) is 1. The summed E-state index contributed by atoms with van der Waals surface area (Å²) >= 11 is 0. The Morgan fingerprint density at radius 1 is 1.29 bits per heavy atom. The number of imidazole rings is 1. The zero-order valence-electron chi connectivity index (χ0n) is 13.3. The van der Waals surface area contributed by atoms with Crippen LogP contribution in [0.25, 0.3) is 5.65 Å². The minimum absolute atomic E-state index is 0.530. The van der Waals surface area contributed by atoms with Crippen molar-refractivity contribution in [2.45, 2.75) is 39.7 Å². The normalized spacial score (nSPS) is 26.5. The standard InChI is InChI=1S/C17H26N4/c1-12-10-13(2)14(3)21(11-12)17-15(7-8-18)20-9-5-4-6-16(20)19-17/h4-6,9,12-14H,7-8,10-11,18H2,1-3H3. The van der Waals surface area contributed by atoms with E-state index in [-0.39, 0.29) is 0 Å². The van der Waals surface area contributed by atoms with E-state index in [0.29, 0.717) is 24.4 Å². The first kappa shape index (κ1) is 14.4. The zero-order valence-corrected chi connectivity index (χ0v) is 13.3. The fourth-order valence-electron chi connectivity index (χ4n) is 3.63. The molecule has 0 spiro atoms. The topological polar surface area (TPSA) is 46.6 Å². The summed E-state index contributed by atoms with van der Waals surface area (Å²) in [6.45, 7) is 8.77. The first-order valence-corrected chi connectivity index (χ1v) is 8.04. The fraction of sp³-hybridized carbons (Fsp3) is 0.588. The van der Waals surface area contributed by atoms with Gasteiger partial charge >= 0.3 is 0 Å². The first-order valence-electron chi connectivity index (χ1n) is 8.04. The summed E-state index contributed by atoms with van der Waals surface area (Å²) in [5.74, 6) is 2.55. The molecule has 21 heavy (non-hydrogen) atoms. The molecule has 114 valence electrons. The van der Waals surface area contributed by atoms with Crippen LogP contribution < -0.4 is 10.6 Å². The molecule has 1 aliphatic rings. The molecule has 3 heterocycles. The summed E-state index contributed by atoms with van der Waals surface area (Å²) in [6.07, 6.45) is 4.27. The third-order valence-electron chi connectivity index (χ3n) is 4.86. The van der Waals surface area contributed by atoms with Crippen molar-refractivity contribution in [3.63, 3.8) is 0 Å². The van der Waals surface area contributed by atoms with Crippen molar-refractivity contribution < 1.29 is 0 Å². The number of hydrogen-bond acceptors (Lipinski definition) is 3. The molecule has 1 saturated heterocycles. The van der Waals surface area contributed by atoms with Gasteiger partial charge in [0, 0.05) is 25.2 Å². The number of hydrogen-bond donors (Lipinski definition) is 1. The highest BCUT2D eigenvalue weighted by molar-refractivity contribution is 5.57. The van der Waals surface area contributed by atoms with E-state index in [1.165, 1.54) is 12.1 Å². The second-order valence-corrected chi connectivity index (χ2v) is 6.56. The van der Waals surface area contributed by atoms with E-state index in [4.69, 9.17) is 10.7 Å². The maximum absolute atomic E-state index is 5.84. The van der Waals surface area contributed by atoms with E-state index in [9.17, 15) is 0 Å². The maximum atomic E-state index is 5.84. The van der Waals surface area contributed by atoms with Crippen molar-refractivity contribution in [2.75, 3.05) is 18.0 Å². The average Bonchev–Trinajstić information content (AvgIpc) is 2.82. The second-order valence-electron chi connectivity index (χ2n) is 6.56. The number of aromatic nitrogens is 2. The van der Waals surface area contributed by atoms with Crippen LogP contribution in [0.3, 0.4) is 0 Å². The van der Waals surface area contributed by atoms with Crippen LogP contribution in [0.5, 0.6) is 0 Å². The van der Waals surface area contributed by atoms with Crippen molar-refractivity contribution in [1.29, 1.82) is 0 Å². The lowest BCUT2D eigenvalue weighted by molar-refractivity contribution is 0.295. The second kappa shape index (κ2) is 5.68. The molecule has 3 unspecified atom stereocenters. The third kappa shape index (κ3) is 2.53. The van der Waals surface area contributed by atoms with Gasteiger partial charge in [0.15, 0.2) is 5.82 Å². The van der Waals surface area contributed by atoms with Crippen LogP contribution in [-0.2, 0) is 6.42 Å². The van der Waals surface area contributed by atoms with Gasteiger partial charge in [0.05, 0.1) is 5.69 Å². The molecular formula is C17H26N4. The molecule has 4 heteroatoms. The van der Waals surface area contributed by atoms with E-state index in [0.717, 1.165) is 24.4 Å². The van der Waals surface area contributed by atoms with Crippen LogP contribution in [0.4, 0.5) is 5.82 Å². The van der Waals surface area contributed by atoms with Gasteiger partial charge in [-0.05, 0) is 43.9 Å². The van der Waals surface area contributed by atoms with E-state index in [1.54, 1.807) is 0 Å².